The average molecular weight is 370 g/mol. The molecule has 0 saturated carbocycles. The fourth-order valence-electron chi connectivity index (χ4n) is 2.58. The molecule has 1 N–H and O–H groups in total. The number of ether oxygens (including phenoxy) is 2. The van der Waals surface area contributed by atoms with Gasteiger partial charge in [0.05, 0.1) is 31.3 Å². The smallest absolute Gasteiger partial charge is 0.278 e. The first-order valence-electron chi connectivity index (χ1n) is 8.16. The molecular formula is C19H19FN4O3. The molecule has 0 aliphatic rings. The van der Waals surface area contributed by atoms with Gasteiger partial charge in [-0.3, -0.25) is 4.79 Å². The van der Waals surface area contributed by atoms with Gasteiger partial charge in [-0.25, -0.2) is 9.07 Å². The molecule has 0 radical (unpaired) electrons. The number of halogens is 1. The molecule has 0 bridgehead atoms. The number of nitrogens with one attached hydrogen (secondary N) is 1. The number of carbonyl (C=O) groups excluding carboxylic acids is 1. The van der Waals surface area contributed by atoms with Crippen LogP contribution in [0, 0.1) is 19.7 Å². The Labute approximate surface area is 155 Å². The lowest BCUT2D eigenvalue weighted by molar-refractivity contribution is 0.102. The third kappa shape index (κ3) is 3.59. The number of carbonyl (C=O) groups is 1. The first-order chi connectivity index (χ1) is 12.9. The molecule has 0 spiro atoms. The minimum absolute atomic E-state index is 0.133. The monoisotopic (exact) mass is 370 g/mol. The van der Waals surface area contributed by atoms with Gasteiger partial charge in [0.1, 0.15) is 17.3 Å². The minimum atomic E-state index is -0.449. The van der Waals surface area contributed by atoms with Crippen molar-refractivity contribution >= 4 is 11.6 Å². The zero-order chi connectivity index (χ0) is 19.6. The van der Waals surface area contributed by atoms with Crippen LogP contribution < -0.4 is 14.8 Å². The van der Waals surface area contributed by atoms with Crippen LogP contribution in [0.1, 0.15) is 21.7 Å². The van der Waals surface area contributed by atoms with E-state index >= 15 is 0 Å². The standard InChI is InChI=1S/C19H19FN4O3/c1-11-5-6-13(9-15(11)20)24-12(2)18(22-23-24)19(25)21-16-8-7-14(26-3)10-17(16)27-4/h5-10H,1-4H3,(H,21,25). The highest BCUT2D eigenvalue weighted by atomic mass is 19.1. The zero-order valence-electron chi connectivity index (χ0n) is 15.4. The van der Waals surface area contributed by atoms with Gasteiger partial charge in [-0.1, -0.05) is 11.3 Å². The maximum Gasteiger partial charge on any atom is 0.278 e. The molecule has 1 aromatic heterocycles. The fraction of sp³-hybridized carbons (Fsp3) is 0.211. The highest BCUT2D eigenvalue weighted by molar-refractivity contribution is 6.04. The summed E-state index contributed by atoms with van der Waals surface area (Å²) in [5.41, 5.74) is 2.11. The maximum absolute atomic E-state index is 13.8. The van der Waals surface area contributed by atoms with E-state index in [1.807, 2.05) is 0 Å². The lowest BCUT2D eigenvalue weighted by Crippen LogP contribution is -2.15. The van der Waals surface area contributed by atoms with Gasteiger partial charge < -0.3 is 14.8 Å². The summed E-state index contributed by atoms with van der Waals surface area (Å²) in [6, 6.07) is 9.75. The van der Waals surface area contributed by atoms with Gasteiger partial charge in [0.2, 0.25) is 0 Å². The van der Waals surface area contributed by atoms with Gasteiger partial charge in [-0.15, -0.1) is 5.10 Å². The van der Waals surface area contributed by atoms with E-state index in [0.717, 1.165) is 0 Å². The van der Waals surface area contributed by atoms with E-state index < -0.39 is 5.91 Å². The van der Waals surface area contributed by atoms with E-state index in [2.05, 4.69) is 15.6 Å². The summed E-state index contributed by atoms with van der Waals surface area (Å²) < 4.78 is 25.7. The molecule has 7 nitrogen and oxygen atoms in total. The minimum Gasteiger partial charge on any atom is -0.497 e. The summed E-state index contributed by atoms with van der Waals surface area (Å²) in [5.74, 6) is 0.257. The Hall–Kier alpha value is -3.42. The number of aromatic nitrogens is 3. The largest absolute Gasteiger partial charge is 0.497 e. The molecule has 0 atom stereocenters. The van der Waals surface area contributed by atoms with Gasteiger partial charge in [0.15, 0.2) is 5.69 Å². The van der Waals surface area contributed by atoms with Crippen LogP contribution in [0.5, 0.6) is 11.5 Å². The van der Waals surface area contributed by atoms with Crippen LogP contribution in [0.4, 0.5) is 10.1 Å². The number of amides is 1. The van der Waals surface area contributed by atoms with Gasteiger partial charge in [-0.05, 0) is 43.7 Å². The van der Waals surface area contributed by atoms with Crippen molar-refractivity contribution in [3.63, 3.8) is 0 Å². The van der Waals surface area contributed by atoms with Crippen LogP contribution in [0.2, 0.25) is 0 Å². The number of methoxy groups -OCH3 is 2. The predicted octanol–water partition coefficient (Wildman–Crippen LogP) is 3.29. The van der Waals surface area contributed by atoms with Crippen LogP contribution in [-0.4, -0.2) is 35.1 Å². The van der Waals surface area contributed by atoms with Crippen molar-refractivity contribution in [2.24, 2.45) is 0 Å². The van der Waals surface area contributed by atoms with Gasteiger partial charge >= 0.3 is 0 Å². The number of nitrogens with zero attached hydrogens (tertiary/aromatic N) is 3. The number of benzene rings is 2. The quantitative estimate of drug-likeness (QED) is 0.746. The predicted molar refractivity (Wildman–Crippen MR) is 98.3 cm³/mol. The van der Waals surface area contributed by atoms with E-state index in [4.69, 9.17) is 9.47 Å². The van der Waals surface area contributed by atoms with Crippen LogP contribution >= 0.6 is 0 Å². The summed E-state index contributed by atoms with van der Waals surface area (Å²) in [6.07, 6.45) is 0. The topological polar surface area (TPSA) is 78.3 Å². The molecule has 1 amide bonds. The summed E-state index contributed by atoms with van der Waals surface area (Å²) in [5, 5.41) is 10.7. The number of hydrogen-bond acceptors (Lipinski definition) is 5. The van der Waals surface area contributed by atoms with Crippen LogP contribution in [0.15, 0.2) is 36.4 Å². The molecule has 3 aromatic rings. The highest BCUT2D eigenvalue weighted by Crippen LogP contribution is 2.29. The number of anilines is 1. The highest BCUT2D eigenvalue weighted by Gasteiger charge is 2.19. The van der Waals surface area contributed by atoms with Crippen molar-refractivity contribution in [1.29, 1.82) is 0 Å². The van der Waals surface area contributed by atoms with Crippen molar-refractivity contribution < 1.29 is 18.7 Å². The molecule has 0 fully saturated rings. The second kappa shape index (κ2) is 7.45. The van der Waals surface area contributed by atoms with E-state index in [1.54, 1.807) is 51.3 Å². The number of rotatable bonds is 5. The van der Waals surface area contributed by atoms with Crippen molar-refractivity contribution in [3.8, 4) is 17.2 Å². The molecule has 0 aliphatic heterocycles. The maximum atomic E-state index is 13.8. The molecule has 2 aromatic carbocycles. The third-order valence-electron chi connectivity index (χ3n) is 4.17. The summed E-state index contributed by atoms with van der Waals surface area (Å²) in [4.78, 5) is 12.6. The molecule has 27 heavy (non-hydrogen) atoms. The molecule has 0 unspecified atom stereocenters. The summed E-state index contributed by atoms with van der Waals surface area (Å²) in [7, 11) is 3.04. The molecule has 0 saturated heterocycles. The first-order valence-corrected chi connectivity index (χ1v) is 8.16. The van der Waals surface area contributed by atoms with Gasteiger partial charge in [-0.2, -0.15) is 0 Å². The normalized spacial score (nSPS) is 10.6. The number of aryl methyl sites for hydroxylation is 1. The lowest BCUT2D eigenvalue weighted by atomic mass is 10.2. The van der Waals surface area contributed by atoms with E-state index in [1.165, 1.54) is 17.9 Å². The molecular weight excluding hydrogens is 351 g/mol. The second-order valence-corrected chi connectivity index (χ2v) is 5.89. The van der Waals surface area contributed by atoms with E-state index in [9.17, 15) is 9.18 Å². The Morgan fingerprint density at radius 2 is 1.89 bits per heavy atom. The molecule has 140 valence electrons. The van der Waals surface area contributed by atoms with Crippen molar-refractivity contribution in [2.75, 3.05) is 19.5 Å². The molecule has 3 rings (SSSR count). The van der Waals surface area contributed by atoms with Crippen molar-refractivity contribution in [3.05, 3.63) is 59.2 Å². The Morgan fingerprint density at radius 3 is 2.56 bits per heavy atom. The Balaban J connectivity index is 1.88. The molecule has 0 aliphatic carbocycles. The van der Waals surface area contributed by atoms with Gasteiger partial charge in [0.25, 0.3) is 5.91 Å². The SMILES string of the molecule is COc1ccc(NC(=O)c2nnn(-c3ccc(C)c(F)c3)c2C)c(OC)c1. The van der Waals surface area contributed by atoms with Crippen LogP contribution in [0.3, 0.4) is 0 Å². The van der Waals surface area contributed by atoms with Crippen LogP contribution in [0.25, 0.3) is 5.69 Å². The van der Waals surface area contributed by atoms with E-state index in [0.29, 0.717) is 34.1 Å². The average Bonchev–Trinajstić information content (AvgIpc) is 3.05. The summed E-state index contributed by atoms with van der Waals surface area (Å²) in [6.45, 7) is 3.37. The van der Waals surface area contributed by atoms with Crippen LogP contribution in [-0.2, 0) is 0 Å². The van der Waals surface area contributed by atoms with Gasteiger partial charge in [0, 0.05) is 6.07 Å². The second-order valence-electron chi connectivity index (χ2n) is 5.89. The Bertz CT molecular complexity index is 1000. The first kappa shape index (κ1) is 18.4. The third-order valence-corrected chi connectivity index (χ3v) is 4.17. The molecule has 1 heterocycles. The zero-order valence-corrected chi connectivity index (χ0v) is 15.4. The fourth-order valence-corrected chi connectivity index (χ4v) is 2.58. The van der Waals surface area contributed by atoms with Crippen molar-refractivity contribution in [1.82, 2.24) is 15.0 Å². The lowest BCUT2D eigenvalue weighted by Gasteiger charge is -2.11. The molecule has 8 heteroatoms. The summed E-state index contributed by atoms with van der Waals surface area (Å²) >= 11 is 0. The number of hydrogen-bond donors (Lipinski definition) is 1. The Morgan fingerprint density at radius 1 is 1.11 bits per heavy atom. The van der Waals surface area contributed by atoms with Crippen molar-refractivity contribution in [2.45, 2.75) is 13.8 Å². The van der Waals surface area contributed by atoms with E-state index in [-0.39, 0.29) is 11.5 Å². The Kier molecular flexibility index (Phi) is 5.07.